The van der Waals surface area contributed by atoms with Crippen molar-refractivity contribution in [1.29, 1.82) is 0 Å². The average molecular weight is 428 g/mol. The Morgan fingerprint density at radius 3 is 2.64 bits per heavy atom. The molecular weight excluding hydrogens is 413 g/mol. The number of hydrogen-bond acceptors (Lipinski definition) is 4. The maximum Gasteiger partial charge on any atom is 0.260 e. The lowest BCUT2D eigenvalue weighted by atomic mass is 10.2. The van der Waals surface area contributed by atoms with Crippen molar-refractivity contribution in [2.45, 2.75) is 0 Å². The highest BCUT2D eigenvalue weighted by Gasteiger charge is 2.20. The highest BCUT2D eigenvalue weighted by Crippen LogP contribution is 2.21. The summed E-state index contributed by atoms with van der Waals surface area (Å²) >= 11 is 3.26. The van der Waals surface area contributed by atoms with Crippen LogP contribution in [0.25, 0.3) is 0 Å². The van der Waals surface area contributed by atoms with Crippen LogP contribution in [0, 0.1) is 5.82 Å². The molecule has 2 aromatic rings. The summed E-state index contributed by atoms with van der Waals surface area (Å²) in [6.07, 6.45) is 2.15. The summed E-state index contributed by atoms with van der Waals surface area (Å²) in [7, 11) is -3.67. The van der Waals surface area contributed by atoms with Gasteiger partial charge in [-0.1, -0.05) is 40.2 Å². The minimum Gasteiger partial charge on any atom is -0.271 e. The average Bonchev–Trinajstić information content (AvgIpc) is 2.53. The third-order valence-electron chi connectivity index (χ3n) is 3.08. The number of anilines is 1. The Hall–Kier alpha value is -2.26. The van der Waals surface area contributed by atoms with Crippen LogP contribution in [0.2, 0.25) is 0 Å². The topological polar surface area (TPSA) is 78.8 Å². The molecule has 0 saturated heterocycles. The van der Waals surface area contributed by atoms with E-state index in [1.807, 2.05) is 0 Å². The van der Waals surface area contributed by atoms with Gasteiger partial charge >= 0.3 is 0 Å². The van der Waals surface area contributed by atoms with Crippen LogP contribution in [-0.4, -0.2) is 33.3 Å². The van der Waals surface area contributed by atoms with E-state index in [0.29, 0.717) is 10.2 Å². The molecule has 1 N–H and O–H groups in total. The zero-order valence-corrected chi connectivity index (χ0v) is 15.6. The lowest BCUT2D eigenvalue weighted by molar-refractivity contribution is -0.119. The number of nitrogens with one attached hydrogen (secondary N) is 1. The summed E-state index contributed by atoms with van der Waals surface area (Å²) in [5.74, 6) is -1.13. The predicted molar refractivity (Wildman–Crippen MR) is 98.5 cm³/mol. The van der Waals surface area contributed by atoms with E-state index >= 15 is 0 Å². The van der Waals surface area contributed by atoms with E-state index in [-0.39, 0.29) is 5.56 Å². The van der Waals surface area contributed by atoms with E-state index in [9.17, 15) is 17.6 Å². The number of carbonyl (C=O) groups excluding carboxylic acids is 1. The van der Waals surface area contributed by atoms with Crippen molar-refractivity contribution in [3.63, 3.8) is 0 Å². The van der Waals surface area contributed by atoms with Gasteiger partial charge < -0.3 is 0 Å². The van der Waals surface area contributed by atoms with Crippen molar-refractivity contribution < 1.29 is 17.6 Å². The molecular formula is C16H15BrFN3O3S. The van der Waals surface area contributed by atoms with Gasteiger partial charge in [0.1, 0.15) is 12.4 Å². The second kappa shape index (κ2) is 8.21. The van der Waals surface area contributed by atoms with Crippen LogP contribution in [0.15, 0.2) is 58.1 Å². The third kappa shape index (κ3) is 5.64. The van der Waals surface area contributed by atoms with Gasteiger partial charge in [0.05, 0.1) is 18.2 Å². The molecule has 0 heterocycles. The van der Waals surface area contributed by atoms with E-state index in [2.05, 4.69) is 26.5 Å². The monoisotopic (exact) mass is 427 g/mol. The Balaban J connectivity index is 2.09. The van der Waals surface area contributed by atoms with Gasteiger partial charge in [0.25, 0.3) is 5.91 Å². The number of amides is 1. The fourth-order valence-corrected chi connectivity index (χ4v) is 3.19. The molecule has 0 fully saturated rings. The molecule has 2 aromatic carbocycles. The summed E-state index contributed by atoms with van der Waals surface area (Å²) in [6, 6.07) is 12.5. The SMILES string of the molecule is CS(=O)(=O)N(CC(=O)N/N=C\c1ccccc1F)c1cccc(Br)c1. The Kier molecular flexibility index (Phi) is 6.27. The Morgan fingerprint density at radius 1 is 1.28 bits per heavy atom. The Labute approximate surface area is 153 Å². The molecule has 0 unspecified atom stereocenters. The third-order valence-corrected chi connectivity index (χ3v) is 4.72. The molecule has 9 heteroatoms. The van der Waals surface area contributed by atoms with Gasteiger partial charge in [-0.25, -0.2) is 18.2 Å². The Bertz CT molecular complexity index is 903. The summed E-state index contributed by atoms with van der Waals surface area (Å²) in [5, 5.41) is 3.65. The molecule has 0 aliphatic heterocycles. The van der Waals surface area contributed by atoms with Crippen LogP contribution in [-0.2, 0) is 14.8 Å². The summed E-state index contributed by atoms with van der Waals surface area (Å²) in [6.45, 7) is -0.454. The molecule has 0 bridgehead atoms. The largest absolute Gasteiger partial charge is 0.271 e. The maximum atomic E-state index is 13.4. The number of carbonyl (C=O) groups is 1. The molecule has 25 heavy (non-hydrogen) atoms. The summed E-state index contributed by atoms with van der Waals surface area (Å²) in [4.78, 5) is 12.0. The highest BCUT2D eigenvalue weighted by atomic mass is 79.9. The van der Waals surface area contributed by atoms with Gasteiger partial charge in [0.2, 0.25) is 10.0 Å². The number of sulfonamides is 1. The zero-order chi connectivity index (χ0) is 18.4. The molecule has 2 rings (SSSR count). The van der Waals surface area contributed by atoms with Crippen molar-refractivity contribution in [2.24, 2.45) is 5.10 Å². The molecule has 0 aliphatic carbocycles. The van der Waals surface area contributed by atoms with Crippen molar-refractivity contribution in [3.8, 4) is 0 Å². The fraction of sp³-hybridized carbons (Fsp3) is 0.125. The molecule has 0 spiro atoms. The molecule has 0 radical (unpaired) electrons. The van der Waals surface area contributed by atoms with Gasteiger partial charge in [-0.3, -0.25) is 9.10 Å². The number of hydrazone groups is 1. The molecule has 1 amide bonds. The molecule has 6 nitrogen and oxygen atoms in total. The first-order valence-corrected chi connectivity index (χ1v) is 9.71. The molecule has 132 valence electrons. The van der Waals surface area contributed by atoms with Crippen molar-refractivity contribution in [3.05, 3.63) is 64.4 Å². The van der Waals surface area contributed by atoms with Crippen LogP contribution in [0.5, 0.6) is 0 Å². The Morgan fingerprint density at radius 2 is 2.00 bits per heavy atom. The summed E-state index contributed by atoms with van der Waals surface area (Å²) < 4.78 is 39.0. The number of rotatable bonds is 6. The minimum absolute atomic E-state index is 0.203. The van der Waals surface area contributed by atoms with Gasteiger partial charge in [-0.2, -0.15) is 5.10 Å². The van der Waals surface area contributed by atoms with E-state index in [0.717, 1.165) is 16.8 Å². The number of nitrogens with zero attached hydrogens (tertiary/aromatic N) is 2. The lowest BCUT2D eigenvalue weighted by Crippen LogP contribution is -2.39. The molecule has 0 saturated carbocycles. The van der Waals surface area contributed by atoms with Gasteiger partial charge in [-0.15, -0.1) is 0 Å². The second-order valence-electron chi connectivity index (χ2n) is 5.06. The van der Waals surface area contributed by atoms with E-state index < -0.39 is 28.3 Å². The lowest BCUT2D eigenvalue weighted by Gasteiger charge is -2.21. The van der Waals surface area contributed by atoms with E-state index in [1.165, 1.54) is 18.2 Å². The first kappa shape index (κ1) is 19.1. The highest BCUT2D eigenvalue weighted by molar-refractivity contribution is 9.10. The predicted octanol–water partition coefficient (Wildman–Crippen LogP) is 2.50. The maximum absolute atomic E-state index is 13.4. The number of hydrogen-bond donors (Lipinski definition) is 1. The number of halogens is 2. The van der Waals surface area contributed by atoms with Crippen molar-refractivity contribution in [2.75, 3.05) is 17.1 Å². The van der Waals surface area contributed by atoms with E-state index in [1.54, 1.807) is 30.3 Å². The number of benzene rings is 2. The van der Waals surface area contributed by atoms with Crippen molar-refractivity contribution in [1.82, 2.24) is 5.43 Å². The minimum atomic E-state index is -3.67. The first-order chi connectivity index (χ1) is 11.8. The van der Waals surface area contributed by atoms with Crippen LogP contribution in [0.1, 0.15) is 5.56 Å². The van der Waals surface area contributed by atoms with Crippen LogP contribution in [0.4, 0.5) is 10.1 Å². The van der Waals surface area contributed by atoms with E-state index in [4.69, 9.17) is 0 Å². The molecule has 0 aliphatic rings. The van der Waals surface area contributed by atoms with Crippen molar-refractivity contribution >= 4 is 43.8 Å². The van der Waals surface area contributed by atoms with Gasteiger partial charge in [0.15, 0.2) is 0 Å². The molecule has 0 aromatic heterocycles. The summed E-state index contributed by atoms with van der Waals surface area (Å²) in [5.41, 5.74) is 2.73. The van der Waals surface area contributed by atoms with Crippen LogP contribution >= 0.6 is 15.9 Å². The van der Waals surface area contributed by atoms with Crippen LogP contribution < -0.4 is 9.73 Å². The fourth-order valence-electron chi connectivity index (χ4n) is 1.95. The van der Waals surface area contributed by atoms with Gasteiger partial charge in [0, 0.05) is 10.0 Å². The quantitative estimate of drug-likeness (QED) is 0.568. The normalized spacial score (nSPS) is 11.5. The first-order valence-electron chi connectivity index (χ1n) is 7.07. The smallest absolute Gasteiger partial charge is 0.260 e. The zero-order valence-electron chi connectivity index (χ0n) is 13.2. The van der Waals surface area contributed by atoms with Crippen LogP contribution in [0.3, 0.4) is 0 Å². The second-order valence-corrected chi connectivity index (χ2v) is 7.89. The molecule has 0 atom stereocenters. The standard InChI is InChI=1S/C16H15BrFN3O3S/c1-25(23,24)21(14-7-4-6-13(17)9-14)11-16(22)20-19-10-12-5-2-3-8-15(12)18/h2-10H,11H2,1H3,(H,20,22)/b19-10-. The van der Waals surface area contributed by atoms with Gasteiger partial charge in [-0.05, 0) is 24.3 Å².